The van der Waals surface area contributed by atoms with Crippen molar-refractivity contribution in [2.24, 2.45) is 0 Å². The summed E-state index contributed by atoms with van der Waals surface area (Å²) in [5.41, 5.74) is 3.16. The zero-order valence-corrected chi connectivity index (χ0v) is 16.3. The smallest absolute Gasteiger partial charge is 0.238 e. The van der Waals surface area contributed by atoms with Crippen LogP contribution in [0.25, 0.3) is 0 Å². The first kappa shape index (κ1) is 18.6. The van der Waals surface area contributed by atoms with Gasteiger partial charge in [0.1, 0.15) is 0 Å². The van der Waals surface area contributed by atoms with Crippen molar-refractivity contribution >= 4 is 17.3 Å². The van der Waals surface area contributed by atoms with Gasteiger partial charge >= 0.3 is 0 Å². The van der Waals surface area contributed by atoms with Crippen LogP contribution in [-0.2, 0) is 11.3 Å². The van der Waals surface area contributed by atoms with E-state index in [0.717, 1.165) is 35.8 Å². The fraction of sp³-hybridized carbons (Fsp3) is 0.409. The third-order valence-corrected chi connectivity index (χ3v) is 5.18. The Labute approximate surface area is 166 Å². The number of hydrogen-bond acceptors (Lipinski definition) is 5. The molecule has 1 amide bonds. The Kier molecular flexibility index (Phi) is 5.67. The average Bonchev–Trinajstić information content (AvgIpc) is 3.17. The number of nitrogens with one attached hydrogen (secondary N) is 1. The van der Waals surface area contributed by atoms with Crippen LogP contribution in [0.5, 0.6) is 11.5 Å². The summed E-state index contributed by atoms with van der Waals surface area (Å²) < 4.78 is 10.7. The molecule has 2 aromatic rings. The van der Waals surface area contributed by atoms with Gasteiger partial charge in [0.25, 0.3) is 0 Å². The summed E-state index contributed by atoms with van der Waals surface area (Å²) >= 11 is 0. The molecule has 4 rings (SSSR count). The minimum Gasteiger partial charge on any atom is -0.454 e. The SMILES string of the molecule is CN(CC(=O)Nc1ccc(N2CCCCC2)cc1)Cc1ccc2c(c1)OCO2. The van der Waals surface area contributed by atoms with Gasteiger partial charge in [-0.05, 0) is 68.3 Å². The molecule has 2 aliphatic rings. The number of hydrogen-bond donors (Lipinski definition) is 1. The highest BCUT2D eigenvalue weighted by atomic mass is 16.7. The van der Waals surface area contributed by atoms with Crippen molar-refractivity contribution in [1.82, 2.24) is 4.90 Å². The maximum atomic E-state index is 12.4. The molecule has 0 saturated carbocycles. The van der Waals surface area contributed by atoms with Crippen molar-refractivity contribution < 1.29 is 14.3 Å². The van der Waals surface area contributed by atoms with E-state index in [1.54, 1.807) is 0 Å². The van der Waals surface area contributed by atoms with Gasteiger partial charge in [-0.2, -0.15) is 0 Å². The number of rotatable bonds is 6. The average molecular weight is 381 g/mol. The number of nitrogens with zero attached hydrogens (tertiary/aromatic N) is 2. The van der Waals surface area contributed by atoms with Crippen LogP contribution in [-0.4, -0.2) is 44.3 Å². The Morgan fingerprint density at radius 3 is 2.57 bits per heavy atom. The molecular formula is C22H27N3O3. The number of ether oxygens (including phenoxy) is 2. The number of fused-ring (bicyclic) bond motifs is 1. The van der Waals surface area contributed by atoms with Gasteiger partial charge in [0.15, 0.2) is 11.5 Å². The van der Waals surface area contributed by atoms with Crippen LogP contribution in [0.3, 0.4) is 0 Å². The lowest BCUT2D eigenvalue weighted by Crippen LogP contribution is -2.30. The zero-order chi connectivity index (χ0) is 19.3. The topological polar surface area (TPSA) is 54.0 Å². The Bertz CT molecular complexity index is 816. The fourth-order valence-electron chi connectivity index (χ4n) is 3.76. The predicted molar refractivity (Wildman–Crippen MR) is 110 cm³/mol. The van der Waals surface area contributed by atoms with Crippen LogP contribution in [0.2, 0.25) is 0 Å². The highest BCUT2D eigenvalue weighted by molar-refractivity contribution is 5.92. The molecular weight excluding hydrogens is 354 g/mol. The second kappa shape index (κ2) is 8.52. The third-order valence-electron chi connectivity index (χ3n) is 5.18. The van der Waals surface area contributed by atoms with Gasteiger partial charge in [-0.25, -0.2) is 0 Å². The molecule has 0 bridgehead atoms. The molecule has 2 aromatic carbocycles. The van der Waals surface area contributed by atoms with E-state index >= 15 is 0 Å². The van der Waals surface area contributed by atoms with Gasteiger partial charge in [0, 0.05) is 31.0 Å². The highest BCUT2D eigenvalue weighted by Gasteiger charge is 2.15. The van der Waals surface area contributed by atoms with Crippen molar-refractivity contribution in [2.75, 3.05) is 43.7 Å². The van der Waals surface area contributed by atoms with Gasteiger partial charge in [-0.3, -0.25) is 9.69 Å². The summed E-state index contributed by atoms with van der Waals surface area (Å²) in [6.07, 6.45) is 3.84. The fourth-order valence-corrected chi connectivity index (χ4v) is 3.76. The Morgan fingerprint density at radius 1 is 1.04 bits per heavy atom. The largest absolute Gasteiger partial charge is 0.454 e. The van der Waals surface area contributed by atoms with Gasteiger partial charge < -0.3 is 19.7 Å². The van der Waals surface area contributed by atoms with Crippen LogP contribution < -0.4 is 19.7 Å². The first-order valence-electron chi connectivity index (χ1n) is 9.89. The molecule has 1 N–H and O–H groups in total. The Hall–Kier alpha value is -2.73. The lowest BCUT2D eigenvalue weighted by molar-refractivity contribution is -0.117. The quantitative estimate of drug-likeness (QED) is 0.830. The van der Waals surface area contributed by atoms with Crippen LogP contribution in [0.1, 0.15) is 24.8 Å². The second-order valence-electron chi connectivity index (χ2n) is 7.50. The van der Waals surface area contributed by atoms with Gasteiger partial charge in [0.2, 0.25) is 12.7 Å². The van der Waals surface area contributed by atoms with Crippen molar-refractivity contribution in [3.8, 4) is 11.5 Å². The van der Waals surface area contributed by atoms with E-state index in [-0.39, 0.29) is 12.7 Å². The number of anilines is 2. The van der Waals surface area contributed by atoms with Crippen molar-refractivity contribution in [2.45, 2.75) is 25.8 Å². The van der Waals surface area contributed by atoms with Gasteiger partial charge in [-0.1, -0.05) is 6.07 Å². The molecule has 0 radical (unpaired) electrons. The molecule has 0 atom stereocenters. The molecule has 0 spiro atoms. The molecule has 0 unspecified atom stereocenters. The molecule has 148 valence electrons. The molecule has 0 aromatic heterocycles. The Morgan fingerprint density at radius 2 is 1.79 bits per heavy atom. The molecule has 6 heteroatoms. The van der Waals surface area contributed by atoms with Crippen LogP contribution >= 0.6 is 0 Å². The summed E-state index contributed by atoms with van der Waals surface area (Å²) in [5, 5.41) is 2.99. The summed E-state index contributed by atoms with van der Waals surface area (Å²) in [5.74, 6) is 1.52. The third kappa shape index (κ3) is 4.57. The first-order chi connectivity index (χ1) is 13.7. The van der Waals surface area contributed by atoms with E-state index in [9.17, 15) is 4.79 Å². The molecule has 0 aliphatic carbocycles. The number of carbonyl (C=O) groups is 1. The molecule has 2 aliphatic heterocycles. The van der Waals surface area contributed by atoms with E-state index in [1.165, 1.54) is 24.9 Å². The number of likely N-dealkylation sites (N-methyl/N-ethyl adjacent to an activating group) is 1. The molecule has 1 saturated heterocycles. The van der Waals surface area contributed by atoms with Gasteiger partial charge in [0.05, 0.1) is 6.54 Å². The predicted octanol–water partition coefficient (Wildman–Crippen LogP) is 3.48. The molecule has 28 heavy (non-hydrogen) atoms. The standard InChI is InChI=1S/C22H27N3O3/c1-24(14-17-5-10-20-21(13-17)28-16-27-20)15-22(26)23-18-6-8-19(9-7-18)25-11-3-2-4-12-25/h5-10,13H,2-4,11-12,14-16H2,1H3,(H,23,26). The van der Waals surface area contributed by atoms with E-state index in [0.29, 0.717) is 13.1 Å². The zero-order valence-electron chi connectivity index (χ0n) is 16.3. The normalized spacial score (nSPS) is 15.7. The van der Waals surface area contributed by atoms with Crippen molar-refractivity contribution in [3.63, 3.8) is 0 Å². The summed E-state index contributed by atoms with van der Waals surface area (Å²) in [7, 11) is 1.93. The van der Waals surface area contributed by atoms with E-state index in [2.05, 4.69) is 22.3 Å². The van der Waals surface area contributed by atoms with Crippen molar-refractivity contribution in [3.05, 3.63) is 48.0 Å². The number of carbonyl (C=O) groups excluding carboxylic acids is 1. The summed E-state index contributed by atoms with van der Waals surface area (Å²) in [4.78, 5) is 16.8. The van der Waals surface area contributed by atoms with E-state index in [4.69, 9.17) is 9.47 Å². The highest BCUT2D eigenvalue weighted by Crippen LogP contribution is 2.32. The minimum atomic E-state index is -0.0195. The maximum absolute atomic E-state index is 12.4. The monoisotopic (exact) mass is 381 g/mol. The minimum absolute atomic E-state index is 0.0195. The van der Waals surface area contributed by atoms with E-state index in [1.807, 2.05) is 42.3 Å². The summed E-state index contributed by atoms with van der Waals surface area (Å²) in [6, 6.07) is 14.0. The van der Waals surface area contributed by atoms with Crippen LogP contribution in [0.15, 0.2) is 42.5 Å². The lowest BCUT2D eigenvalue weighted by atomic mass is 10.1. The lowest BCUT2D eigenvalue weighted by Gasteiger charge is -2.28. The molecule has 6 nitrogen and oxygen atoms in total. The van der Waals surface area contributed by atoms with Crippen LogP contribution in [0.4, 0.5) is 11.4 Å². The van der Waals surface area contributed by atoms with Crippen molar-refractivity contribution in [1.29, 1.82) is 0 Å². The number of amides is 1. The second-order valence-corrected chi connectivity index (χ2v) is 7.50. The van der Waals surface area contributed by atoms with Crippen LogP contribution in [0, 0.1) is 0 Å². The molecule has 1 fully saturated rings. The molecule has 2 heterocycles. The summed E-state index contributed by atoms with van der Waals surface area (Å²) in [6.45, 7) is 3.50. The van der Waals surface area contributed by atoms with Gasteiger partial charge in [-0.15, -0.1) is 0 Å². The number of benzene rings is 2. The maximum Gasteiger partial charge on any atom is 0.238 e. The van der Waals surface area contributed by atoms with E-state index < -0.39 is 0 Å². The number of piperidine rings is 1. The first-order valence-corrected chi connectivity index (χ1v) is 9.89. The Balaban J connectivity index is 1.27.